The quantitative estimate of drug-likeness (QED) is 0.606. The summed E-state index contributed by atoms with van der Waals surface area (Å²) in [6.45, 7) is 0. The second-order valence-corrected chi connectivity index (χ2v) is 5.19. The molecule has 0 bridgehead atoms. The predicted molar refractivity (Wildman–Crippen MR) is 65.0 cm³/mol. The van der Waals surface area contributed by atoms with Gasteiger partial charge in [-0.25, -0.2) is 0 Å². The summed E-state index contributed by atoms with van der Waals surface area (Å²) < 4.78 is 6.60. The van der Waals surface area contributed by atoms with Crippen LogP contribution in [-0.4, -0.2) is 33.6 Å². The lowest BCUT2D eigenvalue weighted by Gasteiger charge is -2.08. The van der Waals surface area contributed by atoms with Crippen molar-refractivity contribution in [2.45, 2.75) is 36.8 Å². The minimum absolute atomic E-state index is 0.236. The van der Waals surface area contributed by atoms with E-state index in [1.165, 1.54) is 44.6 Å². The molecule has 1 heterocycles. The van der Waals surface area contributed by atoms with Crippen molar-refractivity contribution >= 4 is 17.7 Å². The van der Waals surface area contributed by atoms with Crippen molar-refractivity contribution in [3.63, 3.8) is 0 Å². The molecule has 1 aromatic rings. The van der Waals surface area contributed by atoms with E-state index in [1.54, 1.807) is 0 Å². The number of carbonyl (C=O) groups is 1. The SMILES string of the molecule is COC(=O)CSc1nnc(C2CCCC2)n1C. The Bertz CT molecular complexity index is 399. The molecule has 17 heavy (non-hydrogen) atoms. The maximum Gasteiger partial charge on any atom is 0.316 e. The van der Waals surface area contributed by atoms with Gasteiger partial charge in [-0.05, 0) is 12.8 Å². The largest absolute Gasteiger partial charge is 0.468 e. The number of carbonyl (C=O) groups excluding carboxylic acids is 1. The summed E-state index contributed by atoms with van der Waals surface area (Å²) >= 11 is 1.37. The van der Waals surface area contributed by atoms with Crippen LogP contribution in [0.4, 0.5) is 0 Å². The minimum atomic E-state index is -0.236. The van der Waals surface area contributed by atoms with Crippen LogP contribution in [0.1, 0.15) is 37.4 Å². The Morgan fingerprint density at radius 3 is 2.82 bits per heavy atom. The van der Waals surface area contributed by atoms with E-state index in [9.17, 15) is 4.79 Å². The van der Waals surface area contributed by atoms with E-state index in [-0.39, 0.29) is 11.7 Å². The van der Waals surface area contributed by atoms with Gasteiger partial charge in [0.1, 0.15) is 5.82 Å². The number of methoxy groups -OCH3 is 1. The van der Waals surface area contributed by atoms with Crippen LogP contribution in [0.5, 0.6) is 0 Å². The summed E-state index contributed by atoms with van der Waals surface area (Å²) in [4.78, 5) is 11.1. The highest BCUT2D eigenvalue weighted by atomic mass is 32.2. The molecule has 0 atom stereocenters. The van der Waals surface area contributed by atoms with Crippen molar-refractivity contribution in [1.29, 1.82) is 0 Å². The van der Waals surface area contributed by atoms with Crippen molar-refractivity contribution in [2.75, 3.05) is 12.9 Å². The Kier molecular flexibility index (Phi) is 4.04. The summed E-state index contributed by atoms with van der Waals surface area (Å²) in [5.74, 6) is 1.64. The van der Waals surface area contributed by atoms with Gasteiger partial charge < -0.3 is 9.30 Å². The number of ether oxygens (including phenoxy) is 1. The zero-order valence-electron chi connectivity index (χ0n) is 10.2. The summed E-state index contributed by atoms with van der Waals surface area (Å²) in [6.07, 6.45) is 4.96. The molecule has 0 radical (unpaired) electrons. The lowest BCUT2D eigenvalue weighted by atomic mass is 10.1. The highest BCUT2D eigenvalue weighted by Gasteiger charge is 2.23. The fraction of sp³-hybridized carbons (Fsp3) is 0.727. The predicted octanol–water partition coefficient (Wildman–Crippen LogP) is 1.74. The number of thioether (sulfide) groups is 1. The maximum atomic E-state index is 11.1. The van der Waals surface area contributed by atoms with Gasteiger partial charge in [0.25, 0.3) is 0 Å². The molecular weight excluding hydrogens is 238 g/mol. The minimum Gasteiger partial charge on any atom is -0.468 e. The molecule has 0 aliphatic heterocycles. The first kappa shape index (κ1) is 12.4. The molecule has 2 rings (SSSR count). The van der Waals surface area contributed by atoms with Crippen LogP contribution in [-0.2, 0) is 16.6 Å². The lowest BCUT2D eigenvalue weighted by molar-refractivity contribution is -0.137. The second-order valence-electron chi connectivity index (χ2n) is 4.25. The van der Waals surface area contributed by atoms with E-state index in [0.29, 0.717) is 5.92 Å². The van der Waals surface area contributed by atoms with Gasteiger partial charge in [0.15, 0.2) is 5.16 Å². The Labute approximate surface area is 105 Å². The van der Waals surface area contributed by atoms with Crippen LogP contribution in [0.15, 0.2) is 5.16 Å². The van der Waals surface area contributed by atoms with Crippen molar-refractivity contribution in [1.82, 2.24) is 14.8 Å². The maximum absolute atomic E-state index is 11.1. The van der Waals surface area contributed by atoms with Gasteiger partial charge in [-0.3, -0.25) is 4.79 Å². The lowest BCUT2D eigenvalue weighted by Crippen LogP contribution is -2.06. The first-order chi connectivity index (χ1) is 8.22. The fourth-order valence-corrected chi connectivity index (χ4v) is 2.92. The molecule has 0 spiro atoms. The summed E-state index contributed by atoms with van der Waals surface area (Å²) in [7, 11) is 3.36. The molecular formula is C11H17N3O2S. The van der Waals surface area contributed by atoms with Crippen molar-refractivity contribution in [3.05, 3.63) is 5.82 Å². The fourth-order valence-electron chi connectivity index (χ4n) is 2.17. The third-order valence-corrected chi connectivity index (χ3v) is 4.13. The van der Waals surface area contributed by atoms with E-state index in [4.69, 9.17) is 0 Å². The van der Waals surface area contributed by atoms with Gasteiger partial charge in [-0.15, -0.1) is 10.2 Å². The van der Waals surface area contributed by atoms with Gasteiger partial charge in [0.05, 0.1) is 12.9 Å². The van der Waals surface area contributed by atoms with Crippen LogP contribution in [0.25, 0.3) is 0 Å². The number of aromatic nitrogens is 3. The molecule has 1 fully saturated rings. The smallest absolute Gasteiger partial charge is 0.316 e. The van der Waals surface area contributed by atoms with Gasteiger partial charge >= 0.3 is 5.97 Å². The normalized spacial score (nSPS) is 16.4. The molecule has 0 amide bonds. The number of nitrogens with zero attached hydrogens (tertiary/aromatic N) is 3. The first-order valence-electron chi connectivity index (χ1n) is 5.81. The molecule has 5 nitrogen and oxygen atoms in total. The van der Waals surface area contributed by atoms with E-state index < -0.39 is 0 Å². The van der Waals surface area contributed by atoms with E-state index >= 15 is 0 Å². The summed E-state index contributed by atoms with van der Waals surface area (Å²) in [5, 5.41) is 9.17. The molecule has 1 aliphatic carbocycles. The van der Waals surface area contributed by atoms with E-state index in [2.05, 4.69) is 14.9 Å². The molecule has 0 N–H and O–H groups in total. The zero-order chi connectivity index (χ0) is 12.3. The van der Waals surface area contributed by atoms with E-state index in [1.807, 2.05) is 11.6 Å². The molecule has 94 valence electrons. The molecule has 6 heteroatoms. The summed E-state index contributed by atoms with van der Waals surface area (Å²) in [6, 6.07) is 0. The Balaban J connectivity index is 2.01. The van der Waals surface area contributed by atoms with Crippen molar-refractivity contribution < 1.29 is 9.53 Å². The average molecular weight is 255 g/mol. The number of esters is 1. The zero-order valence-corrected chi connectivity index (χ0v) is 11.0. The molecule has 1 aliphatic rings. The first-order valence-corrected chi connectivity index (χ1v) is 6.80. The standard InChI is InChI=1S/C11H17N3O2S/c1-14-10(8-5-3-4-6-8)12-13-11(14)17-7-9(15)16-2/h8H,3-7H2,1-2H3. The van der Waals surface area contributed by atoms with Crippen LogP contribution in [0, 0.1) is 0 Å². The number of rotatable bonds is 4. The van der Waals surface area contributed by atoms with Crippen LogP contribution in [0.2, 0.25) is 0 Å². The average Bonchev–Trinajstić information content (AvgIpc) is 2.95. The van der Waals surface area contributed by atoms with Gasteiger partial charge in [-0.1, -0.05) is 24.6 Å². The Morgan fingerprint density at radius 2 is 2.18 bits per heavy atom. The monoisotopic (exact) mass is 255 g/mol. The number of hydrogen-bond donors (Lipinski definition) is 0. The molecule has 1 saturated carbocycles. The summed E-state index contributed by atoms with van der Waals surface area (Å²) in [5.41, 5.74) is 0. The van der Waals surface area contributed by atoms with Gasteiger partial charge in [-0.2, -0.15) is 0 Å². The third kappa shape index (κ3) is 2.80. The number of hydrogen-bond acceptors (Lipinski definition) is 5. The van der Waals surface area contributed by atoms with E-state index in [0.717, 1.165) is 11.0 Å². The molecule has 1 aromatic heterocycles. The molecule has 0 aromatic carbocycles. The van der Waals surface area contributed by atoms with Crippen molar-refractivity contribution in [2.24, 2.45) is 7.05 Å². The third-order valence-electron chi connectivity index (χ3n) is 3.14. The van der Waals surface area contributed by atoms with Crippen LogP contribution < -0.4 is 0 Å². The van der Waals surface area contributed by atoms with Crippen LogP contribution in [0.3, 0.4) is 0 Å². The highest BCUT2D eigenvalue weighted by Crippen LogP contribution is 2.33. The Hall–Kier alpha value is -1.04. The topological polar surface area (TPSA) is 57.0 Å². The second kappa shape index (κ2) is 5.53. The van der Waals surface area contributed by atoms with Gasteiger partial charge in [0.2, 0.25) is 0 Å². The Morgan fingerprint density at radius 1 is 1.47 bits per heavy atom. The molecule has 0 saturated heterocycles. The highest BCUT2D eigenvalue weighted by molar-refractivity contribution is 7.99. The molecule has 0 unspecified atom stereocenters. The van der Waals surface area contributed by atoms with Crippen molar-refractivity contribution in [3.8, 4) is 0 Å². The van der Waals surface area contributed by atoms with Gasteiger partial charge in [0, 0.05) is 13.0 Å². The van der Waals surface area contributed by atoms with Crippen LogP contribution >= 0.6 is 11.8 Å².